The monoisotopic (exact) mass is 247 g/mol. The van der Waals surface area contributed by atoms with Gasteiger partial charge in [0.1, 0.15) is 0 Å². The van der Waals surface area contributed by atoms with Gasteiger partial charge in [0.25, 0.3) is 0 Å². The van der Waals surface area contributed by atoms with Gasteiger partial charge >= 0.3 is 5.97 Å². The van der Waals surface area contributed by atoms with Crippen LogP contribution in [-0.4, -0.2) is 31.1 Å². The van der Waals surface area contributed by atoms with E-state index in [2.05, 4.69) is 36.1 Å². The molecule has 1 saturated heterocycles. The van der Waals surface area contributed by atoms with Crippen molar-refractivity contribution in [2.45, 2.75) is 25.8 Å². The molecule has 3 heteroatoms. The molecule has 0 radical (unpaired) electrons. The van der Waals surface area contributed by atoms with Crippen molar-refractivity contribution in [3.8, 4) is 0 Å². The van der Waals surface area contributed by atoms with Gasteiger partial charge in [-0.25, -0.2) is 0 Å². The second-order valence-electron chi connectivity index (χ2n) is 5.02. The van der Waals surface area contributed by atoms with Gasteiger partial charge in [0.2, 0.25) is 0 Å². The number of esters is 1. The Kier molecular flexibility index (Phi) is 4.37. The molecule has 0 aromatic heterocycles. The van der Waals surface area contributed by atoms with Crippen molar-refractivity contribution in [3.63, 3.8) is 0 Å². The fourth-order valence-corrected chi connectivity index (χ4v) is 2.64. The average Bonchev–Trinajstić information content (AvgIpc) is 2.87. The molecule has 3 nitrogen and oxygen atoms in total. The number of likely N-dealkylation sites (tertiary alicyclic amines) is 1. The van der Waals surface area contributed by atoms with E-state index in [4.69, 9.17) is 4.74 Å². The molecular formula is C15H21NO2. The van der Waals surface area contributed by atoms with Gasteiger partial charge in [-0.2, -0.15) is 0 Å². The maximum Gasteiger partial charge on any atom is 0.305 e. The van der Waals surface area contributed by atoms with Crippen LogP contribution >= 0.6 is 0 Å². The van der Waals surface area contributed by atoms with Crippen LogP contribution in [0.3, 0.4) is 0 Å². The third-order valence-electron chi connectivity index (χ3n) is 3.83. The average molecular weight is 247 g/mol. The van der Waals surface area contributed by atoms with Crippen LogP contribution in [0.4, 0.5) is 0 Å². The molecule has 2 rings (SSSR count). The lowest BCUT2D eigenvalue weighted by molar-refractivity contribution is -0.141. The number of hydrogen-bond donors (Lipinski definition) is 0. The molecule has 0 aliphatic carbocycles. The van der Waals surface area contributed by atoms with E-state index in [1.54, 1.807) is 0 Å². The van der Waals surface area contributed by atoms with Gasteiger partial charge in [0.05, 0.1) is 7.11 Å². The number of carbonyl (C=O) groups excluding carboxylic acids is 1. The van der Waals surface area contributed by atoms with E-state index < -0.39 is 0 Å². The molecule has 1 aliphatic heterocycles. The van der Waals surface area contributed by atoms with E-state index in [9.17, 15) is 4.79 Å². The Balaban J connectivity index is 1.91. The zero-order chi connectivity index (χ0) is 13.0. The van der Waals surface area contributed by atoms with Crippen molar-refractivity contribution in [2.75, 3.05) is 20.2 Å². The number of rotatable bonds is 4. The summed E-state index contributed by atoms with van der Waals surface area (Å²) in [5.41, 5.74) is 1.34. The first-order valence-corrected chi connectivity index (χ1v) is 6.56. The smallest absolute Gasteiger partial charge is 0.305 e. The fourth-order valence-electron chi connectivity index (χ4n) is 2.64. The lowest BCUT2D eigenvalue weighted by Crippen LogP contribution is -2.25. The van der Waals surface area contributed by atoms with E-state index >= 15 is 0 Å². The number of benzene rings is 1. The molecule has 1 aromatic rings. The minimum Gasteiger partial charge on any atom is -0.469 e. The Hall–Kier alpha value is -1.35. The zero-order valence-corrected chi connectivity index (χ0v) is 11.1. The summed E-state index contributed by atoms with van der Waals surface area (Å²) in [6.07, 6.45) is 1.64. The molecule has 0 N–H and O–H groups in total. The lowest BCUT2D eigenvalue weighted by Gasteiger charge is -2.24. The Morgan fingerprint density at radius 2 is 2.17 bits per heavy atom. The summed E-state index contributed by atoms with van der Waals surface area (Å²) in [5.74, 6) is 0.359. The van der Waals surface area contributed by atoms with Crippen LogP contribution in [0.15, 0.2) is 30.3 Å². The van der Waals surface area contributed by atoms with Gasteiger partial charge in [0, 0.05) is 19.0 Å². The number of carbonyl (C=O) groups is 1. The molecule has 1 heterocycles. The van der Waals surface area contributed by atoms with E-state index in [1.807, 2.05) is 6.07 Å². The van der Waals surface area contributed by atoms with Crippen LogP contribution in [0.5, 0.6) is 0 Å². The summed E-state index contributed by atoms with van der Waals surface area (Å²) in [6.45, 7) is 4.29. The van der Waals surface area contributed by atoms with Crippen molar-refractivity contribution in [1.29, 1.82) is 0 Å². The van der Waals surface area contributed by atoms with Crippen LogP contribution in [0.1, 0.15) is 31.4 Å². The van der Waals surface area contributed by atoms with Crippen LogP contribution in [0, 0.1) is 5.92 Å². The molecule has 98 valence electrons. The van der Waals surface area contributed by atoms with Crippen molar-refractivity contribution >= 4 is 5.97 Å². The molecule has 2 atom stereocenters. The summed E-state index contributed by atoms with van der Waals surface area (Å²) in [6, 6.07) is 11.0. The lowest BCUT2D eigenvalue weighted by atomic mass is 10.0. The van der Waals surface area contributed by atoms with Gasteiger partial charge in [0.15, 0.2) is 0 Å². The molecule has 1 fully saturated rings. The first kappa shape index (κ1) is 13.1. The van der Waals surface area contributed by atoms with Crippen LogP contribution in [0.2, 0.25) is 0 Å². The van der Waals surface area contributed by atoms with Gasteiger partial charge in [-0.3, -0.25) is 9.69 Å². The number of nitrogens with zero attached hydrogens (tertiary/aromatic N) is 1. The van der Waals surface area contributed by atoms with Crippen LogP contribution < -0.4 is 0 Å². The summed E-state index contributed by atoms with van der Waals surface area (Å²) in [5, 5.41) is 0. The van der Waals surface area contributed by atoms with E-state index in [0.717, 1.165) is 19.5 Å². The van der Waals surface area contributed by atoms with E-state index in [-0.39, 0.29) is 5.97 Å². The predicted molar refractivity (Wildman–Crippen MR) is 71.2 cm³/mol. The summed E-state index contributed by atoms with van der Waals surface area (Å²) >= 11 is 0. The normalized spacial score (nSPS) is 21.8. The van der Waals surface area contributed by atoms with Crippen molar-refractivity contribution in [1.82, 2.24) is 4.90 Å². The highest BCUT2D eigenvalue weighted by atomic mass is 16.5. The molecule has 0 saturated carbocycles. The van der Waals surface area contributed by atoms with Gasteiger partial charge in [-0.15, -0.1) is 0 Å². The van der Waals surface area contributed by atoms with E-state index in [0.29, 0.717) is 18.4 Å². The first-order chi connectivity index (χ1) is 8.70. The van der Waals surface area contributed by atoms with Crippen molar-refractivity contribution in [3.05, 3.63) is 35.9 Å². The van der Waals surface area contributed by atoms with Crippen molar-refractivity contribution < 1.29 is 9.53 Å². The summed E-state index contributed by atoms with van der Waals surface area (Å²) < 4.78 is 4.74. The highest BCUT2D eigenvalue weighted by Crippen LogP contribution is 2.28. The first-order valence-electron chi connectivity index (χ1n) is 6.56. The molecule has 0 bridgehead atoms. The topological polar surface area (TPSA) is 29.5 Å². The van der Waals surface area contributed by atoms with Gasteiger partial charge < -0.3 is 4.74 Å². The minimum absolute atomic E-state index is 0.0887. The van der Waals surface area contributed by atoms with Gasteiger partial charge in [-0.1, -0.05) is 30.3 Å². The van der Waals surface area contributed by atoms with Crippen LogP contribution in [0.25, 0.3) is 0 Å². The number of methoxy groups -OCH3 is 1. The molecule has 1 aliphatic rings. The number of hydrogen-bond acceptors (Lipinski definition) is 3. The maximum absolute atomic E-state index is 11.3. The van der Waals surface area contributed by atoms with Crippen molar-refractivity contribution in [2.24, 2.45) is 5.92 Å². The highest BCUT2D eigenvalue weighted by Gasteiger charge is 2.28. The van der Waals surface area contributed by atoms with Crippen LogP contribution in [-0.2, 0) is 9.53 Å². The molecule has 0 amide bonds. The SMILES string of the molecule is COC(=O)C[C@H]1CCN(C(C)c2ccccc2)C1. The summed E-state index contributed by atoms with van der Waals surface area (Å²) in [7, 11) is 1.46. The fraction of sp³-hybridized carbons (Fsp3) is 0.533. The Morgan fingerprint density at radius 1 is 1.44 bits per heavy atom. The third-order valence-corrected chi connectivity index (χ3v) is 3.83. The summed E-state index contributed by atoms with van der Waals surface area (Å²) in [4.78, 5) is 13.7. The number of ether oxygens (including phenoxy) is 1. The molecule has 1 aromatic carbocycles. The Morgan fingerprint density at radius 3 is 2.83 bits per heavy atom. The Bertz CT molecular complexity index is 391. The zero-order valence-electron chi connectivity index (χ0n) is 11.1. The molecular weight excluding hydrogens is 226 g/mol. The molecule has 18 heavy (non-hydrogen) atoms. The van der Waals surface area contributed by atoms with E-state index in [1.165, 1.54) is 12.7 Å². The quantitative estimate of drug-likeness (QED) is 0.766. The molecule has 0 spiro atoms. The minimum atomic E-state index is -0.0887. The largest absolute Gasteiger partial charge is 0.469 e. The second-order valence-corrected chi connectivity index (χ2v) is 5.02. The van der Waals surface area contributed by atoms with Gasteiger partial charge in [-0.05, 0) is 31.4 Å². The Labute approximate surface area is 109 Å². The third kappa shape index (κ3) is 3.10. The predicted octanol–water partition coefficient (Wildman–Crippen LogP) is 2.63. The maximum atomic E-state index is 11.3. The highest BCUT2D eigenvalue weighted by molar-refractivity contribution is 5.69. The second kappa shape index (κ2) is 6.01. The molecule has 1 unspecified atom stereocenters. The standard InChI is InChI=1S/C15H21NO2/c1-12(14-6-4-3-5-7-14)16-9-8-13(11-16)10-15(17)18-2/h3-7,12-13H,8-11H2,1-2H3/t12?,13-/m1/s1.